The number of ether oxygens (including phenoxy) is 1. The molecule has 3 aromatic carbocycles. The van der Waals surface area contributed by atoms with E-state index in [4.69, 9.17) is 9.15 Å². The van der Waals surface area contributed by atoms with Crippen molar-refractivity contribution in [2.75, 3.05) is 7.11 Å². The Morgan fingerprint density at radius 2 is 1.73 bits per heavy atom. The number of nitrogens with zero attached hydrogens (tertiary/aromatic N) is 2. The van der Waals surface area contributed by atoms with Crippen LogP contribution in [0.15, 0.2) is 88.3 Å². The van der Waals surface area contributed by atoms with E-state index in [-0.39, 0.29) is 28.7 Å². The minimum atomic E-state index is -0.901. The summed E-state index contributed by atoms with van der Waals surface area (Å²) in [4.78, 5) is 25.6. The molecule has 0 amide bonds. The standard InChI is InChI=1S/C28H22N2O7/c1-36-22(32)14-19(16-8-10-18(11-9-16)30-13-5-12-29-30)23-25(33)27(35)26(34)24-20(31)15-21(37-28(23)24)17-6-3-2-4-7-17/h2-13,15,19,33-35H,14H2,1H3/t19-/m0/s1. The Morgan fingerprint density at radius 3 is 2.38 bits per heavy atom. The van der Waals surface area contributed by atoms with E-state index >= 15 is 0 Å². The number of phenols is 3. The van der Waals surface area contributed by atoms with Crippen molar-refractivity contribution >= 4 is 16.9 Å². The fourth-order valence-electron chi connectivity index (χ4n) is 4.36. The van der Waals surface area contributed by atoms with Gasteiger partial charge in [0.15, 0.2) is 16.9 Å². The second-order valence-electron chi connectivity index (χ2n) is 8.38. The molecule has 0 aliphatic carbocycles. The third-order valence-corrected chi connectivity index (χ3v) is 6.20. The number of aromatic hydroxyl groups is 3. The molecule has 186 valence electrons. The van der Waals surface area contributed by atoms with Gasteiger partial charge in [-0.05, 0) is 23.8 Å². The average Bonchev–Trinajstić information content (AvgIpc) is 3.46. The summed E-state index contributed by atoms with van der Waals surface area (Å²) in [7, 11) is 1.24. The Balaban J connectivity index is 1.77. The number of benzene rings is 3. The van der Waals surface area contributed by atoms with Gasteiger partial charge in [-0.15, -0.1) is 0 Å². The van der Waals surface area contributed by atoms with Crippen LogP contribution in [0.3, 0.4) is 0 Å². The highest BCUT2D eigenvalue weighted by atomic mass is 16.5. The van der Waals surface area contributed by atoms with Crippen molar-refractivity contribution in [2.24, 2.45) is 0 Å². The zero-order valence-corrected chi connectivity index (χ0v) is 19.7. The van der Waals surface area contributed by atoms with Crippen molar-refractivity contribution in [3.63, 3.8) is 0 Å². The summed E-state index contributed by atoms with van der Waals surface area (Å²) < 4.78 is 12.6. The lowest BCUT2D eigenvalue weighted by Crippen LogP contribution is -2.12. The Hall–Kier alpha value is -5.05. The third kappa shape index (κ3) is 4.27. The molecule has 37 heavy (non-hydrogen) atoms. The molecule has 0 spiro atoms. The molecule has 0 saturated heterocycles. The molecule has 0 bridgehead atoms. The van der Waals surface area contributed by atoms with Gasteiger partial charge in [-0.3, -0.25) is 9.59 Å². The van der Waals surface area contributed by atoms with Crippen LogP contribution in [0.1, 0.15) is 23.5 Å². The largest absolute Gasteiger partial charge is 0.504 e. The van der Waals surface area contributed by atoms with Gasteiger partial charge in [-0.2, -0.15) is 5.10 Å². The lowest BCUT2D eigenvalue weighted by Gasteiger charge is -2.21. The van der Waals surface area contributed by atoms with Crippen LogP contribution in [0, 0.1) is 0 Å². The van der Waals surface area contributed by atoms with Crippen LogP contribution in [0.5, 0.6) is 17.2 Å². The van der Waals surface area contributed by atoms with Crippen LogP contribution in [0.4, 0.5) is 0 Å². The predicted molar refractivity (Wildman–Crippen MR) is 135 cm³/mol. The Bertz CT molecular complexity index is 1640. The van der Waals surface area contributed by atoms with Crippen LogP contribution >= 0.6 is 0 Å². The quantitative estimate of drug-likeness (QED) is 0.231. The monoisotopic (exact) mass is 498 g/mol. The first kappa shape index (κ1) is 23.7. The van der Waals surface area contributed by atoms with E-state index in [1.807, 2.05) is 6.07 Å². The molecule has 0 saturated carbocycles. The minimum absolute atomic E-state index is 0.0302. The molecule has 0 radical (unpaired) electrons. The number of methoxy groups -OCH3 is 1. The number of aromatic nitrogens is 2. The third-order valence-electron chi connectivity index (χ3n) is 6.20. The van der Waals surface area contributed by atoms with E-state index in [2.05, 4.69) is 5.10 Å². The maximum absolute atomic E-state index is 13.1. The number of fused-ring (bicyclic) bond motifs is 1. The van der Waals surface area contributed by atoms with Gasteiger partial charge in [0.1, 0.15) is 16.7 Å². The van der Waals surface area contributed by atoms with Gasteiger partial charge in [0.05, 0.1) is 19.2 Å². The van der Waals surface area contributed by atoms with Gasteiger partial charge >= 0.3 is 5.97 Å². The summed E-state index contributed by atoms with van der Waals surface area (Å²) in [6.45, 7) is 0. The maximum Gasteiger partial charge on any atom is 0.306 e. The molecule has 2 heterocycles. The number of carbonyl (C=O) groups is 1. The zero-order chi connectivity index (χ0) is 26.1. The first-order valence-corrected chi connectivity index (χ1v) is 11.4. The molecule has 2 aromatic heterocycles. The fraction of sp³-hybridized carbons (Fsp3) is 0.107. The van der Waals surface area contributed by atoms with Gasteiger partial charge in [0, 0.05) is 35.5 Å². The second-order valence-corrected chi connectivity index (χ2v) is 8.38. The first-order chi connectivity index (χ1) is 17.9. The lowest BCUT2D eigenvalue weighted by molar-refractivity contribution is -0.140. The highest BCUT2D eigenvalue weighted by molar-refractivity contribution is 5.93. The SMILES string of the molecule is COC(=O)C[C@@H](c1ccc(-n2cccn2)cc1)c1c(O)c(O)c(O)c2c(=O)cc(-c3ccccc3)oc12. The molecule has 0 aliphatic heterocycles. The molecule has 5 aromatic rings. The van der Waals surface area contributed by atoms with E-state index in [0.717, 1.165) is 5.69 Å². The number of carbonyl (C=O) groups excluding carboxylic acids is 1. The summed E-state index contributed by atoms with van der Waals surface area (Å²) in [6.07, 6.45) is 3.17. The topological polar surface area (TPSA) is 135 Å². The van der Waals surface area contributed by atoms with Crippen LogP contribution < -0.4 is 5.43 Å². The Kier molecular flexibility index (Phi) is 6.10. The van der Waals surface area contributed by atoms with Crippen molar-refractivity contribution in [3.05, 3.63) is 100 Å². The van der Waals surface area contributed by atoms with Crippen LogP contribution in [0.2, 0.25) is 0 Å². The summed E-state index contributed by atoms with van der Waals surface area (Å²) in [5.41, 5.74) is 1.11. The van der Waals surface area contributed by atoms with Crippen LogP contribution in [-0.4, -0.2) is 38.2 Å². The molecule has 0 fully saturated rings. The number of phenolic OH excluding ortho intramolecular Hbond substituents is 3. The number of esters is 1. The minimum Gasteiger partial charge on any atom is -0.504 e. The molecular weight excluding hydrogens is 476 g/mol. The van der Waals surface area contributed by atoms with Crippen molar-refractivity contribution in [2.45, 2.75) is 12.3 Å². The van der Waals surface area contributed by atoms with E-state index < -0.39 is 34.6 Å². The smallest absolute Gasteiger partial charge is 0.306 e. The van der Waals surface area contributed by atoms with Gasteiger partial charge < -0.3 is 24.5 Å². The van der Waals surface area contributed by atoms with Crippen molar-refractivity contribution < 1.29 is 29.3 Å². The van der Waals surface area contributed by atoms with Crippen molar-refractivity contribution in [1.29, 1.82) is 0 Å². The number of rotatable bonds is 6. The first-order valence-electron chi connectivity index (χ1n) is 11.4. The second kappa shape index (κ2) is 9.54. The molecule has 3 N–H and O–H groups in total. The van der Waals surface area contributed by atoms with Crippen LogP contribution in [-0.2, 0) is 9.53 Å². The van der Waals surface area contributed by atoms with Gasteiger partial charge in [0.2, 0.25) is 5.75 Å². The highest BCUT2D eigenvalue weighted by Crippen LogP contribution is 2.49. The summed E-state index contributed by atoms with van der Waals surface area (Å²) in [5, 5.41) is 36.0. The predicted octanol–water partition coefficient (Wildman–Crippen LogP) is 4.46. The Labute approximate surface area is 210 Å². The molecule has 9 heteroatoms. The Morgan fingerprint density at radius 1 is 1.00 bits per heavy atom. The zero-order valence-electron chi connectivity index (χ0n) is 19.7. The average molecular weight is 498 g/mol. The summed E-state index contributed by atoms with van der Waals surface area (Å²) >= 11 is 0. The lowest BCUT2D eigenvalue weighted by atomic mass is 9.86. The molecular formula is C28H22N2O7. The normalized spacial score (nSPS) is 11.9. The maximum atomic E-state index is 13.1. The van der Waals surface area contributed by atoms with E-state index in [9.17, 15) is 24.9 Å². The molecule has 5 rings (SSSR count). The molecule has 1 atom stereocenters. The summed E-state index contributed by atoms with van der Waals surface area (Å²) in [6, 6.07) is 18.8. The van der Waals surface area contributed by atoms with E-state index in [0.29, 0.717) is 11.1 Å². The van der Waals surface area contributed by atoms with Gasteiger partial charge in [0.25, 0.3) is 0 Å². The molecule has 9 nitrogen and oxygen atoms in total. The summed E-state index contributed by atoms with van der Waals surface area (Å²) in [5.74, 6) is -3.70. The molecule has 0 aliphatic rings. The fourth-order valence-corrected chi connectivity index (χ4v) is 4.36. The number of hydrogen-bond acceptors (Lipinski definition) is 8. The van der Waals surface area contributed by atoms with E-state index in [1.54, 1.807) is 71.7 Å². The van der Waals surface area contributed by atoms with Gasteiger partial charge in [-0.25, -0.2) is 4.68 Å². The van der Waals surface area contributed by atoms with Crippen molar-refractivity contribution in [3.8, 4) is 34.3 Å². The van der Waals surface area contributed by atoms with Gasteiger partial charge in [-0.1, -0.05) is 42.5 Å². The molecule has 0 unspecified atom stereocenters. The number of hydrogen-bond donors (Lipinski definition) is 3. The van der Waals surface area contributed by atoms with Crippen LogP contribution in [0.25, 0.3) is 28.0 Å². The highest BCUT2D eigenvalue weighted by Gasteiger charge is 2.31. The van der Waals surface area contributed by atoms with E-state index in [1.165, 1.54) is 13.2 Å². The van der Waals surface area contributed by atoms with Crippen molar-refractivity contribution in [1.82, 2.24) is 9.78 Å².